The predicted octanol–water partition coefficient (Wildman–Crippen LogP) is 15.7. The highest BCUT2D eigenvalue weighted by Gasteiger charge is 2.71. The van der Waals surface area contributed by atoms with Crippen molar-refractivity contribution in [2.45, 2.75) is 250 Å². The normalized spacial score (nSPS) is 34.4. The summed E-state index contributed by atoms with van der Waals surface area (Å²) < 4.78 is 34.3. The van der Waals surface area contributed by atoms with Gasteiger partial charge in [0.1, 0.15) is 37.0 Å². The van der Waals surface area contributed by atoms with Crippen LogP contribution in [0.3, 0.4) is 0 Å². The molecule has 0 saturated heterocycles. The molecule has 10 nitrogen and oxygen atoms in total. The van der Waals surface area contributed by atoms with Crippen LogP contribution in [-0.4, -0.2) is 91.9 Å². The van der Waals surface area contributed by atoms with E-state index in [1.165, 1.54) is 0 Å². The number of hydrogen-bond donors (Lipinski definition) is 1. The topological polar surface area (TPSA) is 135 Å². The van der Waals surface area contributed by atoms with Crippen molar-refractivity contribution in [2.24, 2.45) is 68.0 Å². The molecule has 2 unspecified atom stereocenters. The third-order valence-corrected chi connectivity index (χ3v) is 36.8. The minimum Gasteiger partial charge on any atom is -0.460 e. The Bertz CT molecular complexity index is 3090. The second-order valence-corrected chi connectivity index (χ2v) is 43.8. The van der Waals surface area contributed by atoms with Crippen LogP contribution < -0.4 is 20.7 Å². The Morgan fingerprint density at radius 1 is 0.527 bits per heavy atom. The molecule has 6 fully saturated rings. The first kappa shape index (κ1) is 76.0. The summed E-state index contributed by atoms with van der Waals surface area (Å²) in [5, 5.41) is 15.9. The van der Waals surface area contributed by atoms with Gasteiger partial charge in [-0.25, -0.2) is 9.59 Å². The average molecular weight is 1330 g/mol. The number of carbonyl (C=O) groups excluding carboxylic acids is 4. The monoisotopic (exact) mass is 1330 g/mol. The summed E-state index contributed by atoms with van der Waals surface area (Å²) in [6, 6.07) is 41.5. The summed E-state index contributed by atoms with van der Waals surface area (Å²) in [7, 11) is -7.27. The first-order valence-electron chi connectivity index (χ1n) is 35.0. The van der Waals surface area contributed by atoms with E-state index < -0.39 is 60.2 Å². The molecule has 0 spiro atoms. The third-order valence-electron chi connectivity index (χ3n) is 26.0. The summed E-state index contributed by atoms with van der Waals surface area (Å²) in [5.41, 5.74) is -1.98. The van der Waals surface area contributed by atoms with Crippen LogP contribution in [-0.2, 0) is 41.9 Å². The van der Waals surface area contributed by atoms with Gasteiger partial charge in [-0.2, -0.15) is 0 Å². The number of aliphatic hydroxyl groups is 1. The smallest absolute Gasteiger partial charge is 0.331 e. The Labute approximate surface area is 566 Å². The van der Waals surface area contributed by atoms with Crippen molar-refractivity contribution in [1.82, 2.24) is 0 Å². The molecular weight excluding hydrogens is 1210 g/mol. The first-order chi connectivity index (χ1) is 42.7. The van der Waals surface area contributed by atoms with E-state index in [4.69, 9.17) is 22.8 Å². The van der Waals surface area contributed by atoms with E-state index in [2.05, 4.69) is 197 Å². The zero-order valence-corrected chi connectivity index (χ0v) is 62.1. The second-order valence-electron chi connectivity index (χ2n) is 32.8. The summed E-state index contributed by atoms with van der Waals surface area (Å²) in [6.07, 6.45) is 8.33. The van der Waals surface area contributed by atoms with Crippen molar-refractivity contribution in [2.75, 3.05) is 13.2 Å². The molecule has 514 valence electrons. The fourth-order valence-electron chi connectivity index (χ4n) is 20.2. The molecule has 0 amide bonds. The Morgan fingerprint density at radius 2 is 0.849 bits per heavy atom. The highest BCUT2D eigenvalue weighted by atomic mass is 28.4. The summed E-state index contributed by atoms with van der Waals surface area (Å²) >= 11 is 0. The van der Waals surface area contributed by atoms with Crippen molar-refractivity contribution >= 4 is 69.9 Å². The molecule has 1 N–H and O–H groups in total. The Morgan fingerprint density at radius 3 is 1.16 bits per heavy atom. The molecular formula is C80H122O10Si3. The van der Waals surface area contributed by atoms with E-state index in [-0.39, 0.29) is 114 Å². The third kappa shape index (κ3) is 13.1. The molecule has 13 heteroatoms. The van der Waals surface area contributed by atoms with Gasteiger partial charge in [-0.3, -0.25) is 9.59 Å². The number of rotatable bonds is 16. The Balaban J connectivity index is 0.000000258. The van der Waals surface area contributed by atoms with E-state index in [9.17, 15) is 24.3 Å². The standard InChI is InChI=1S/C40H60O5Si2.C38H54O5Si.2CH4/c1-11-38(7)26-33(39(8)28(2)22-24-40(25-23-32(41)35(39)40)29(3)36(38)45-46(9)10)44-34(42)27-43-47(37(4,5)6,30-18-14-12-15-19-30)31-20-16-13-17-21-31;1-9-36(7)24-31(37(8)26(2)20-22-38(27(3)34(36)41)23-21-30(39)33(37)38)43-32(40)25-42-44(35(4,5)6,28-16-12-10-13-17-28)29-18-14-11-15-19-29;;/h12-21,28-29,33,35-36,46H,11,22-27H2,1-10H3;10-19,26-27,31,33-34,41H,9,20-25H2,1-8H3;2*1H4/t28-,29+,33-,35?,36+,38-,39+,40-;26-,27+,31-,33?,34+,36-,37+,38-;;/m11../s1. The van der Waals surface area contributed by atoms with Gasteiger partial charge in [0, 0.05) is 35.5 Å². The summed E-state index contributed by atoms with van der Waals surface area (Å²) in [5.74, 6) is 0.293. The molecule has 4 aromatic carbocycles. The van der Waals surface area contributed by atoms with Crippen LogP contribution in [0, 0.1) is 68.0 Å². The van der Waals surface area contributed by atoms with E-state index in [1.54, 1.807) is 0 Å². The van der Waals surface area contributed by atoms with Gasteiger partial charge < -0.3 is 27.9 Å². The molecule has 10 rings (SSSR count). The molecule has 6 aliphatic rings. The molecule has 6 aliphatic carbocycles. The van der Waals surface area contributed by atoms with E-state index in [0.717, 1.165) is 72.1 Å². The van der Waals surface area contributed by atoms with Crippen LogP contribution in [0.25, 0.3) is 0 Å². The molecule has 6 saturated carbocycles. The van der Waals surface area contributed by atoms with Crippen molar-refractivity contribution in [3.05, 3.63) is 121 Å². The van der Waals surface area contributed by atoms with Gasteiger partial charge in [0.15, 0.2) is 9.04 Å². The van der Waals surface area contributed by atoms with Crippen molar-refractivity contribution in [1.29, 1.82) is 0 Å². The predicted molar refractivity (Wildman–Crippen MR) is 388 cm³/mol. The number of carbonyl (C=O) groups is 4. The lowest BCUT2D eigenvalue weighted by atomic mass is 9.43. The maximum absolute atomic E-state index is 14.3. The van der Waals surface area contributed by atoms with Gasteiger partial charge in [0.25, 0.3) is 16.6 Å². The number of esters is 2. The highest BCUT2D eigenvalue weighted by Crippen LogP contribution is 2.70. The van der Waals surface area contributed by atoms with Gasteiger partial charge in [-0.05, 0) is 153 Å². The number of ether oxygens (including phenoxy) is 2. The zero-order chi connectivity index (χ0) is 66.5. The SMILES string of the molecule is C.C.CC[C@]1(C)C[C@@H](OC(=O)CO[Si](c2ccccc2)(c2ccccc2)C(C)(C)C)[C@@]2(C)C3C(=O)CC[C@]3(CC[C@H]2C)[C@@H](C)[C@@H]1O.CC[C@]1(C)C[C@@H](OC(=O)CO[Si](c2ccccc2)(c2ccccc2)C(C)(C)C)[C@@]2(C)C3C(=O)CC[C@]3(CC[C@H]2C)[C@@H](C)[C@@H]1O[SiH](C)C. The molecule has 16 atom stereocenters. The average Bonchev–Trinajstić information content (AvgIpc) is 1.66. The molecule has 93 heavy (non-hydrogen) atoms. The van der Waals surface area contributed by atoms with E-state index >= 15 is 0 Å². The minimum absolute atomic E-state index is 0. The number of ketones is 2. The van der Waals surface area contributed by atoms with Gasteiger partial charge in [0.2, 0.25) is 0 Å². The molecule has 0 aromatic heterocycles. The maximum Gasteiger partial charge on any atom is 0.331 e. The second kappa shape index (κ2) is 28.6. The fraction of sp³-hybridized carbons (Fsp3) is 0.650. The lowest BCUT2D eigenvalue weighted by Gasteiger charge is -2.63. The summed E-state index contributed by atoms with van der Waals surface area (Å²) in [4.78, 5) is 56.3. The zero-order valence-electron chi connectivity index (χ0n) is 58.9. The lowest BCUT2D eigenvalue weighted by molar-refractivity contribution is -0.213. The number of aliphatic hydroxyl groups excluding tert-OH is 1. The lowest BCUT2D eigenvalue weighted by Crippen LogP contribution is -2.67. The van der Waals surface area contributed by atoms with Gasteiger partial charge in [0.05, 0.1) is 12.2 Å². The van der Waals surface area contributed by atoms with Gasteiger partial charge in [-0.15, -0.1) is 0 Å². The largest absolute Gasteiger partial charge is 0.460 e. The van der Waals surface area contributed by atoms with Crippen LogP contribution >= 0.6 is 0 Å². The van der Waals surface area contributed by atoms with Crippen LogP contribution in [0.1, 0.15) is 203 Å². The molecule has 0 heterocycles. The quantitative estimate of drug-likeness (QED) is 0.0853. The van der Waals surface area contributed by atoms with Crippen molar-refractivity contribution in [3.8, 4) is 0 Å². The number of benzene rings is 4. The van der Waals surface area contributed by atoms with Crippen LogP contribution in [0.15, 0.2) is 121 Å². The molecule has 4 bridgehead atoms. The molecule has 0 radical (unpaired) electrons. The van der Waals surface area contributed by atoms with Gasteiger partial charge in [-0.1, -0.05) is 247 Å². The Kier molecular flexibility index (Phi) is 23.4. The number of hydrogen-bond acceptors (Lipinski definition) is 10. The van der Waals surface area contributed by atoms with Gasteiger partial charge >= 0.3 is 11.9 Å². The van der Waals surface area contributed by atoms with Crippen LogP contribution in [0.2, 0.25) is 23.2 Å². The fourth-order valence-corrected chi connectivity index (χ4v) is 30.3. The number of Topliss-reactive ketones (excluding diaryl/α,β-unsaturated/α-hetero) is 2. The maximum atomic E-state index is 14.3. The molecule has 0 aliphatic heterocycles. The van der Waals surface area contributed by atoms with Crippen molar-refractivity contribution < 1.29 is 47.0 Å². The van der Waals surface area contributed by atoms with Crippen LogP contribution in [0.4, 0.5) is 0 Å². The Hall–Kier alpha value is -4.35. The van der Waals surface area contributed by atoms with Crippen LogP contribution in [0.5, 0.6) is 0 Å². The van der Waals surface area contributed by atoms with Crippen molar-refractivity contribution in [3.63, 3.8) is 0 Å². The summed E-state index contributed by atoms with van der Waals surface area (Å²) in [6.45, 7) is 39.9. The van der Waals surface area contributed by atoms with E-state index in [1.807, 2.05) is 48.5 Å². The minimum atomic E-state index is -2.94. The van der Waals surface area contributed by atoms with E-state index in [0.29, 0.717) is 31.5 Å². The molecule has 4 aromatic rings. The highest BCUT2D eigenvalue weighted by molar-refractivity contribution is 7.00. The first-order valence-corrected chi connectivity index (χ1v) is 41.6.